The summed E-state index contributed by atoms with van der Waals surface area (Å²) in [5.41, 5.74) is 6.43. The van der Waals surface area contributed by atoms with Crippen LogP contribution in [0.25, 0.3) is 0 Å². The molecule has 134 valence electrons. The number of thiophene rings is 1. The maximum Gasteiger partial charge on any atom is 0.450 e. The van der Waals surface area contributed by atoms with Crippen molar-refractivity contribution in [2.24, 2.45) is 5.73 Å². The number of carbonyl (C=O) groups excluding carboxylic acids is 3. The van der Waals surface area contributed by atoms with E-state index < -0.39 is 35.6 Å². The topological polar surface area (TPSA) is 89.3 Å². The van der Waals surface area contributed by atoms with Crippen molar-refractivity contribution >= 4 is 40.7 Å². The van der Waals surface area contributed by atoms with Gasteiger partial charge in [0.25, 0.3) is 0 Å². The first-order valence-electron chi connectivity index (χ1n) is 6.98. The largest absolute Gasteiger partial charge is 0.450 e. The third-order valence-electron chi connectivity index (χ3n) is 2.90. The van der Waals surface area contributed by atoms with Crippen LogP contribution in [-0.4, -0.2) is 41.3 Å². The fourth-order valence-electron chi connectivity index (χ4n) is 1.64. The Morgan fingerprint density at radius 2 is 2.04 bits per heavy atom. The van der Waals surface area contributed by atoms with Gasteiger partial charge in [0.2, 0.25) is 17.6 Å². The maximum atomic E-state index is 12.0. The second-order valence-corrected chi connectivity index (χ2v) is 6.83. The third-order valence-corrected chi connectivity index (χ3v) is 4.67. The van der Waals surface area contributed by atoms with Gasteiger partial charge in [-0.2, -0.15) is 36.3 Å². The Kier molecular flexibility index (Phi) is 8.43. The number of alkyl halides is 3. The van der Waals surface area contributed by atoms with Crippen LogP contribution in [0.4, 0.5) is 13.2 Å². The lowest BCUT2D eigenvalue weighted by atomic mass is 10.1. The van der Waals surface area contributed by atoms with Gasteiger partial charge >= 0.3 is 6.18 Å². The summed E-state index contributed by atoms with van der Waals surface area (Å²) in [4.78, 5) is 34.0. The van der Waals surface area contributed by atoms with E-state index in [-0.39, 0.29) is 18.6 Å². The highest BCUT2D eigenvalue weighted by molar-refractivity contribution is 7.99. The maximum absolute atomic E-state index is 12.0. The Morgan fingerprint density at radius 1 is 1.33 bits per heavy atom. The van der Waals surface area contributed by atoms with E-state index in [2.05, 4.69) is 5.32 Å². The zero-order valence-electron chi connectivity index (χ0n) is 12.6. The smallest absolute Gasteiger partial charge is 0.320 e. The number of carbonyl (C=O) groups is 3. The molecule has 1 aromatic heterocycles. The van der Waals surface area contributed by atoms with Gasteiger partial charge in [-0.1, -0.05) is 0 Å². The first-order chi connectivity index (χ1) is 11.2. The molecule has 1 heterocycles. The van der Waals surface area contributed by atoms with Gasteiger partial charge in [-0.25, -0.2) is 0 Å². The number of imide groups is 1. The average Bonchev–Trinajstić information content (AvgIpc) is 2.97. The van der Waals surface area contributed by atoms with E-state index in [1.165, 1.54) is 11.3 Å². The number of ketones is 1. The van der Waals surface area contributed by atoms with E-state index in [1.807, 2.05) is 5.38 Å². The molecule has 0 aliphatic heterocycles. The first-order valence-corrected chi connectivity index (χ1v) is 9.08. The van der Waals surface area contributed by atoms with Crippen LogP contribution in [-0.2, 0) is 20.8 Å². The van der Waals surface area contributed by atoms with Crippen LogP contribution in [0.2, 0.25) is 0 Å². The molecule has 0 aliphatic carbocycles. The summed E-state index contributed by atoms with van der Waals surface area (Å²) >= 11 is 2.28. The van der Waals surface area contributed by atoms with Crippen molar-refractivity contribution in [3.63, 3.8) is 0 Å². The van der Waals surface area contributed by atoms with Crippen LogP contribution >= 0.6 is 23.1 Å². The van der Waals surface area contributed by atoms with Gasteiger partial charge < -0.3 is 5.73 Å². The van der Waals surface area contributed by atoms with E-state index in [0.717, 1.165) is 17.3 Å². The van der Waals surface area contributed by atoms with E-state index in [4.69, 9.17) is 5.73 Å². The highest BCUT2D eigenvalue weighted by Gasteiger charge is 2.37. The number of nitrogens with two attached hydrogens (primary N) is 1. The summed E-state index contributed by atoms with van der Waals surface area (Å²) in [5.74, 6) is -3.24. The number of hydrogen-bond donors (Lipinski definition) is 2. The lowest BCUT2D eigenvalue weighted by Gasteiger charge is -2.11. The van der Waals surface area contributed by atoms with E-state index in [1.54, 1.807) is 11.4 Å². The summed E-state index contributed by atoms with van der Waals surface area (Å²) in [6.45, 7) is 0. The van der Waals surface area contributed by atoms with E-state index in [0.29, 0.717) is 6.42 Å². The molecule has 0 bridgehead atoms. The summed E-state index contributed by atoms with van der Waals surface area (Å²) < 4.78 is 35.9. The minimum atomic E-state index is -4.81. The predicted molar refractivity (Wildman–Crippen MR) is 86.8 cm³/mol. The molecule has 24 heavy (non-hydrogen) atoms. The van der Waals surface area contributed by atoms with Gasteiger partial charge in [-0.15, -0.1) is 0 Å². The molecule has 0 aliphatic rings. The Hall–Kier alpha value is -1.39. The second-order valence-electron chi connectivity index (χ2n) is 4.94. The zero-order chi connectivity index (χ0) is 18.2. The van der Waals surface area contributed by atoms with Crippen molar-refractivity contribution in [1.29, 1.82) is 0 Å². The number of hydrogen-bond acceptors (Lipinski definition) is 6. The normalized spacial score (nSPS) is 12.7. The standard InChI is InChI=1S/C14H17F3N2O3S2/c15-14(16,17)11(20)8-23-4-1-2-10(18)13(22)19-12(21)6-9-3-5-24-7-9/h3,5,7,10H,1-2,4,6,8,18H2,(H,19,21,22)/t10-/m0/s1. The molecule has 3 N–H and O–H groups in total. The van der Waals surface area contributed by atoms with Crippen LogP contribution in [0.5, 0.6) is 0 Å². The molecule has 0 aromatic carbocycles. The number of nitrogens with one attached hydrogen (secondary N) is 1. The Balaban J connectivity index is 2.18. The van der Waals surface area contributed by atoms with E-state index >= 15 is 0 Å². The predicted octanol–water partition coefficient (Wildman–Crippen LogP) is 1.91. The van der Waals surface area contributed by atoms with Crippen LogP contribution < -0.4 is 11.1 Å². The molecule has 10 heteroatoms. The molecule has 0 fully saturated rings. The molecular formula is C14H17F3N2O3S2. The lowest BCUT2D eigenvalue weighted by Crippen LogP contribution is -2.44. The molecule has 1 atom stereocenters. The fourth-order valence-corrected chi connectivity index (χ4v) is 3.17. The highest BCUT2D eigenvalue weighted by atomic mass is 32.2. The van der Waals surface area contributed by atoms with Gasteiger partial charge in [-0.3, -0.25) is 19.7 Å². The molecular weight excluding hydrogens is 365 g/mol. The highest BCUT2D eigenvalue weighted by Crippen LogP contribution is 2.19. The number of halogens is 3. The molecule has 1 aromatic rings. The number of thioether (sulfide) groups is 1. The lowest BCUT2D eigenvalue weighted by molar-refractivity contribution is -0.167. The monoisotopic (exact) mass is 382 g/mol. The zero-order valence-corrected chi connectivity index (χ0v) is 14.2. The SMILES string of the molecule is N[C@@H](CCCSCC(=O)C(F)(F)F)C(=O)NC(=O)Cc1ccsc1. The fraction of sp³-hybridized carbons (Fsp3) is 0.500. The third kappa shape index (κ3) is 7.93. The minimum Gasteiger partial charge on any atom is -0.320 e. The second kappa shape index (κ2) is 9.80. The summed E-state index contributed by atoms with van der Waals surface area (Å²) in [6.07, 6.45) is -4.16. The number of Topliss-reactive ketones (excluding diaryl/α,β-unsaturated/α-hetero) is 1. The molecule has 0 saturated heterocycles. The van der Waals surface area contributed by atoms with Crippen LogP contribution in [0.1, 0.15) is 18.4 Å². The molecule has 0 saturated carbocycles. The van der Waals surface area contributed by atoms with Crippen molar-refractivity contribution in [2.45, 2.75) is 31.5 Å². The molecule has 0 unspecified atom stereocenters. The first kappa shape index (κ1) is 20.7. The molecule has 0 radical (unpaired) electrons. The van der Waals surface area contributed by atoms with Crippen LogP contribution in [0.15, 0.2) is 16.8 Å². The summed E-state index contributed by atoms with van der Waals surface area (Å²) in [7, 11) is 0. The van der Waals surface area contributed by atoms with Crippen molar-refractivity contribution < 1.29 is 27.6 Å². The van der Waals surface area contributed by atoms with Gasteiger partial charge in [0.05, 0.1) is 18.2 Å². The van der Waals surface area contributed by atoms with Crippen molar-refractivity contribution in [3.05, 3.63) is 22.4 Å². The number of rotatable bonds is 9. The Labute approximate surface area is 145 Å². The Morgan fingerprint density at radius 3 is 2.62 bits per heavy atom. The summed E-state index contributed by atoms with van der Waals surface area (Å²) in [6, 6.07) is 0.851. The van der Waals surface area contributed by atoms with Gasteiger partial charge in [-0.05, 0) is 41.0 Å². The van der Waals surface area contributed by atoms with Crippen LogP contribution in [0, 0.1) is 0 Å². The van der Waals surface area contributed by atoms with Crippen molar-refractivity contribution in [1.82, 2.24) is 5.32 Å². The van der Waals surface area contributed by atoms with Crippen molar-refractivity contribution in [3.8, 4) is 0 Å². The van der Waals surface area contributed by atoms with E-state index in [9.17, 15) is 27.6 Å². The average molecular weight is 382 g/mol. The van der Waals surface area contributed by atoms with Gasteiger partial charge in [0, 0.05) is 0 Å². The summed E-state index contributed by atoms with van der Waals surface area (Å²) in [5, 5.41) is 5.80. The quantitative estimate of drug-likeness (QED) is 0.637. The van der Waals surface area contributed by atoms with Gasteiger partial charge in [0.1, 0.15) is 0 Å². The van der Waals surface area contributed by atoms with Gasteiger partial charge in [0.15, 0.2) is 0 Å². The Bertz CT molecular complexity index is 562. The number of amides is 2. The molecule has 2 amide bonds. The van der Waals surface area contributed by atoms with Crippen molar-refractivity contribution in [2.75, 3.05) is 11.5 Å². The van der Waals surface area contributed by atoms with Crippen LogP contribution in [0.3, 0.4) is 0 Å². The molecule has 5 nitrogen and oxygen atoms in total. The molecule has 1 rings (SSSR count). The molecule has 0 spiro atoms. The minimum absolute atomic E-state index is 0.0807.